The molecule has 0 aromatic heterocycles. The van der Waals surface area contributed by atoms with Crippen LogP contribution < -0.4 is 5.73 Å². The van der Waals surface area contributed by atoms with E-state index in [4.69, 9.17) is 5.73 Å². The van der Waals surface area contributed by atoms with Crippen molar-refractivity contribution in [2.75, 3.05) is 45.2 Å². The summed E-state index contributed by atoms with van der Waals surface area (Å²) >= 11 is 1.61. The summed E-state index contributed by atoms with van der Waals surface area (Å²) in [4.78, 5) is 42.8. The fourth-order valence-corrected chi connectivity index (χ4v) is 4.27. The molecule has 3 amide bonds. The van der Waals surface area contributed by atoms with Gasteiger partial charge in [0.05, 0.1) is 5.60 Å². The van der Waals surface area contributed by atoms with Gasteiger partial charge in [-0.1, -0.05) is 20.8 Å². The monoisotopic (exact) mass is 446 g/mol. The maximum Gasteiger partial charge on any atom is 0.246 e. The van der Waals surface area contributed by atoms with Crippen molar-refractivity contribution in [3.05, 3.63) is 0 Å². The number of aliphatic hydroxyl groups is 1. The van der Waals surface area contributed by atoms with Crippen LogP contribution in [0.25, 0.3) is 0 Å². The highest BCUT2D eigenvalue weighted by molar-refractivity contribution is 7.99. The zero-order valence-corrected chi connectivity index (χ0v) is 20.6. The number of hydrogen-bond donors (Lipinski definition) is 2. The van der Waals surface area contributed by atoms with Gasteiger partial charge in [-0.25, -0.2) is 0 Å². The molecule has 0 aliphatic heterocycles. The summed E-state index contributed by atoms with van der Waals surface area (Å²) < 4.78 is 0. The molecule has 30 heavy (non-hydrogen) atoms. The van der Waals surface area contributed by atoms with Crippen molar-refractivity contribution in [1.29, 1.82) is 0 Å². The minimum absolute atomic E-state index is 0.0268. The molecular formula is C21H42N4O4S. The van der Waals surface area contributed by atoms with E-state index < -0.39 is 23.6 Å². The predicted molar refractivity (Wildman–Crippen MR) is 123 cm³/mol. The Kier molecular flexibility index (Phi) is 13.3. The van der Waals surface area contributed by atoms with Gasteiger partial charge in [-0.2, -0.15) is 11.8 Å². The van der Waals surface area contributed by atoms with Crippen LogP contribution in [-0.4, -0.2) is 100 Å². The maximum atomic E-state index is 13.3. The molecule has 0 aliphatic rings. The van der Waals surface area contributed by atoms with Crippen molar-refractivity contribution >= 4 is 29.5 Å². The normalized spacial score (nSPS) is 13.8. The summed E-state index contributed by atoms with van der Waals surface area (Å²) in [5, 5.41) is 10.1. The molecule has 0 aromatic rings. The fraction of sp³-hybridized carbons (Fsp3) is 0.857. The van der Waals surface area contributed by atoms with Gasteiger partial charge in [-0.15, -0.1) is 0 Å². The third-order valence-corrected chi connectivity index (χ3v) is 6.19. The number of amides is 3. The number of thioether (sulfide) groups is 1. The number of rotatable bonds is 15. The van der Waals surface area contributed by atoms with Crippen molar-refractivity contribution in [1.82, 2.24) is 14.7 Å². The van der Waals surface area contributed by atoms with Crippen LogP contribution in [0.3, 0.4) is 0 Å². The number of nitrogens with zero attached hydrogens (tertiary/aromatic N) is 3. The molecule has 0 saturated carbocycles. The first kappa shape index (κ1) is 28.7. The van der Waals surface area contributed by atoms with Gasteiger partial charge in [0.15, 0.2) is 0 Å². The van der Waals surface area contributed by atoms with Gasteiger partial charge < -0.3 is 25.5 Å². The topological polar surface area (TPSA) is 107 Å². The van der Waals surface area contributed by atoms with E-state index >= 15 is 0 Å². The van der Waals surface area contributed by atoms with Crippen molar-refractivity contribution in [3.63, 3.8) is 0 Å². The lowest BCUT2D eigenvalue weighted by atomic mass is 9.97. The number of carbonyl (C=O) groups is 3. The number of primary amides is 1. The fourth-order valence-electron chi connectivity index (χ4n) is 3.13. The Balaban J connectivity index is 5.41. The zero-order valence-electron chi connectivity index (χ0n) is 19.8. The summed E-state index contributed by atoms with van der Waals surface area (Å²) in [5.41, 5.74) is 4.36. The molecule has 176 valence electrons. The van der Waals surface area contributed by atoms with E-state index in [1.54, 1.807) is 32.7 Å². The Morgan fingerprint density at radius 1 is 1.03 bits per heavy atom. The molecule has 0 saturated heterocycles. The van der Waals surface area contributed by atoms with Crippen molar-refractivity contribution < 1.29 is 19.5 Å². The highest BCUT2D eigenvalue weighted by Crippen LogP contribution is 2.18. The smallest absolute Gasteiger partial charge is 0.246 e. The molecular weight excluding hydrogens is 404 g/mol. The number of hydrogen-bond acceptors (Lipinski definition) is 6. The first-order valence-corrected chi connectivity index (χ1v) is 11.9. The van der Waals surface area contributed by atoms with E-state index in [9.17, 15) is 19.5 Å². The first-order valence-electron chi connectivity index (χ1n) is 10.7. The third-order valence-electron chi connectivity index (χ3n) is 5.17. The molecule has 0 fully saturated rings. The van der Waals surface area contributed by atoms with Crippen LogP contribution in [0.4, 0.5) is 0 Å². The van der Waals surface area contributed by atoms with E-state index in [0.29, 0.717) is 18.6 Å². The lowest BCUT2D eigenvalue weighted by Crippen LogP contribution is -2.56. The summed E-state index contributed by atoms with van der Waals surface area (Å²) in [6.07, 6.45) is 1.08. The molecule has 0 heterocycles. The quantitative estimate of drug-likeness (QED) is 0.366. The van der Waals surface area contributed by atoms with E-state index in [0.717, 1.165) is 25.4 Å². The van der Waals surface area contributed by atoms with Crippen LogP contribution in [0.1, 0.15) is 53.9 Å². The van der Waals surface area contributed by atoms with Crippen molar-refractivity contribution in [3.8, 4) is 0 Å². The second kappa shape index (κ2) is 13.9. The van der Waals surface area contributed by atoms with Gasteiger partial charge in [0.2, 0.25) is 17.7 Å². The molecule has 0 unspecified atom stereocenters. The third kappa shape index (κ3) is 10.1. The molecule has 2 atom stereocenters. The Bertz CT molecular complexity index is 550. The largest absolute Gasteiger partial charge is 0.390 e. The predicted octanol–water partition coefficient (Wildman–Crippen LogP) is 1.16. The minimum atomic E-state index is -1.16. The van der Waals surface area contributed by atoms with Crippen LogP contribution in [0.5, 0.6) is 0 Å². The average molecular weight is 447 g/mol. The minimum Gasteiger partial charge on any atom is -0.390 e. The number of nitrogens with two attached hydrogens (primary N) is 1. The van der Waals surface area contributed by atoms with Crippen LogP contribution >= 0.6 is 11.8 Å². The Hall–Kier alpha value is -1.32. The summed E-state index contributed by atoms with van der Waals surface area (Å²) in [5.74, 6) is 0.152. The van der Waals surface area contributed by atoms with Crippen molar-refractivity contribution in [2.45, 2.75) is 71.6 Å². The SMILES string of the molecule is CCCC(=O)N(C)[C@H](CSCCN(CC)CC)C(=O)N(C)[C@@H](CC(C)(C)O)C(N)=O. The standard InChI is InChI=1S/C21H42N4O4S/c1-8-11-18(26)23(6)17(15-30-13-12-25(9-2)10-3)20(28)24(7)16(19(22)27)14-21(4,5)29/h16-17,29H,8-15H2,1-7H3,(H2,22,27)/t16-,17+/m0/s1. The van der Waals surface area contributed by atoms with Gasteiger partial charge in [0, 0.05) is 45.0 Å². The molecule has 9 heteroatoms. The maximum absolute atomic E-state index is 13.3. The highest BCUT2D eigenvalue weighted by atomic mass is 32.2. The molecule has 0 rings (SSSR count). The Labute approximate surface area is 186 Å². The van der Waals surface area contributed by atoms with Crippen LogP contribution in [0.2, 0.25) is 0 Å². The second-order valence-electron chi connectivity index (χ2n) is 8.26. The van der Waals surface area contributed by atoms with Gasteiger partial charge in [0.1, 0.15) is 12.1 Å². The molecule has 0 spiro atoms. The molecule has 0 bridgehead atoms. The van der Waals surface area contributed by atoms with E-state index in [1.165, 1.54) is 16.8 Å². The van der Waals surface area contributed by atoms with E-state index in [2.05, 4.69) is 18.7 Å². The summed E-state index contributed by atoms with van der Waals surface area (Å²) in [7, 11) is 3.14. The van der Waals surface area contributed by atoms with E-state index in [1.807, 2.05) is 6.92 Å². The Morgan fingerprint density at radius 3 is 2.03 bits per heavy atom. The van der Waals surface area contributed by atoms with E-state index in [-0.39, 0.29) is 18.2 Å². The lowest BCUT2D eigenvalue weighted by Gasteiger charge is -2.35. The van der Waals surface area contributed by atoms with Gasteiger partial charge in [-0.3, -0.25) is 14.4 Å². The van der Waals surface area contributed by atoms with Crippen LogP contribution in [-0.2, 0) is 14.4 Å². The number of likely N-dealkylation sites (N-methyl/N-ethyl adjacent to an activating group) is 2. The molecule has 0 aliphatic carbocycles. The lowest BCUT2D eigenvalue weighted by molar-refractivity contribution is -0.147. The zero-order chi connectivity index (χ0) is 23.5. The molecule has 0 aromatic carbocycles. The van der Waals surface area contributed by atoms with Gasteiger partial charge in [0.25, 0.3) is 0 Å². The molecule has 8 nitrogen and oxygen atoms in total. The second-order valence-corrected chi connectivity index (χ2v) is 9.41. The Morgan fingerprint density at radius 2 is 1.60 bits per heavy atom. The molecule has 0 radical (unpaired) electrons. The summed E-state index contributed by atoms with van der Waals surface area (Å²) in [6.45, 7) is 12.1. The number of carbonyl (C=O) groups excluding carboxylic acids is 3. The van der Waals surface area contributed by atoms with Crippen LogP contribution in [0.15, 0.2) is 0 Å². The highest BCUT2D eigenvalue weighted by Gasteiger charge is 2.36. The average Bonchev–Trinajstić information content (AvgIpc) is 2.67. The summed E-state index contributed by atoms with van der Waals surface area (Å²) in [6, 6.07) is -1.64. The van der Waals surface area contributed by atoms with Crippen LogP contribution in [0, 0.1) is 0 Å². The van der Waals surface area contributed by atoms with Gasteiger partial charge >= 0.3 is 0 Å². The van der Waals surface area contributed by atoms with Gasteiger partial charge in [-0.05, 0) is 33.4 Å². The van der Waals surface area contributed by atoms with Crippen molar-refractivity contribution in [2.24, 2.45) is 5.73 Å². The molecule has 3 N–H and O–H groups in total. The first-order chi connectivity index (χ1) is 13.9.